The lowest BCUT2D eigenvalue weighted by Gasteiger charge is -2.40. The van der Waals surface area contributed by atoms with Crippen LogP contribution in [0.3, 0.4) is 0 Å². The molecule has 8 unspecified atom stereocenters. The van der Waals surface area contributed by atoms with Crippen LogP contribution in [0, 0.1) is 0 Å². The SMILES string of the molecule is CCCC/C=C/CC/C=C/CC/C=C/C(O)C(COC1OC(CO)C(O)C(O)C1O)NC(=O)C(O)CCCCCCCCCCCCCCCC. The van der Waals surface area contributed by atoms with E-state index in [2.05, 4.69) is 43.5 Å². The summed E-state index contributed by atoms with van der Waals surface area (Å²) in [5, 5.41) is 64.3. The summed E-state index contributed by atoms with van der Waals surface area (Å²) in [6.45, 7) is 3.50. The first-order valence-electron chi connectivity index (χ1n) is 20.3. The molecule has 8 atom stereocenters. The number of rotatable bonds is 32. The third-order valence-corrected chi connectivity index (χ3v) is 9.55. The maximum Gasteiger partial charge on any atom is 0.249 e. The Kier molecular flexibility index (Phi) is 29.6. The molecule has 0 aromatic heterocycles. The molecule has 10 heteroatoms. The Morgan fingerprint density at radius 3 is 1.69 bits per heavy atom. The van der Waals surface area contributed by atoms with E-state index < -0.39 is 61.5 Å². The van der Waals surface area contributed by atoms with Gasteiger partial charge in [-0.1, -0.05) is 153 Å². The van der Waals surface area contributed by atoms with Crippen molar-refractivity contribution in [1.82, 2.24) is 5.32 Å². The van der Waals surface area contributed by atoms with Crippen molar-refractivity contribution >= 4 is 5.91 Å². The van der Waals surface area contributed by atoms with Crippen molar-refractivity contribution in [2.24, 2.45) is 0 Å². The summed E-state index contributed by atoms with van der Waals surface area (Å²) in [6, 6.07) is -0.998. The summed E-state index contributed by atoms with van der Waals surface area (Å²) in [5.41, 5.74) is 0. The number of aliphatic hydroxyl groups excluding tert-OH is 6. The van der Waals surface area contributed by atoms with Gasteiger partial charge in [0.05, 0.1) is 25.4 Å². The van der Waals surface area contributed by atoms with Gasteiger partial charge in [-0.05, 0) is 38.5 Å². The Morgan fingerprint density at radius 2 is 1.16 bits per heavy atom. The first-order valence-corrected chi connectivity index (χ1v) is 20.3. The van der Waals surface area contributed by atoms with Crippen LogP contribution in [0.1, 0.15) is 155 Å². The Hall–Kier alpha value is -1.63. The van der Waals surface area contributed by atoms with E-state index in [0.29, 0.717) is 19.3 Å². The van der Waals surface area contributed by atoms with Crippen LogP contribution in [0.5, 0.6) is 0 Å². The quantitative estimate of drug-likeness (QED) is 0.0311. The monoisotopic (exact) mass is 726 g/mol. The van der Waals surface area contributed by atoms with Gasteiger partial charge in [0, 0.05) is 0 Å². The lowest BCUT2D eigenvalue weighted by Crippen LogP contribution is -2.60. The zero-order valence-corrected chi connectivity index (χ0v) is 32.0. The third-order valence-electron chi connectivity index (χ3n) is 9.55. The molecule has 0 bridgehead atoms. The van der Waals surface area contributed by atoms with Crippen LogP contribution in [0.4, 0.5) is 0 Å². The molecular formula is C41H75NO9. The molecule has 1 heterocycles. The largest absolute Gasteiger partial charge is 0.394 e. The molecule has 1 aliphatic rings. The number of unbranched alkanes of at least 4 members (excludes halogenated alkanes) is 17. The molecule has 51 heavy (non-hydrogen) atoms. The first kappa shape index (κ1) is 47.4. The van der Waals surface area contributed by atoms with Crippen molar-refractivity contribution < 1.29 is 44.9 Å². The molecule has 0 spiro atoms. The summed E-state index contributed by atoms with van der Waals surface area (Å²) >= 11 is 0. The average molecular weight is 726 g/mol. The minimum absolute atomic E-state index is 0.303. The van der Waals surface area contributed by atoms with Crippen molar-refractivity contribution in [3.63, 3.8) is 0 Å². The number of ether oxygens (including phenoxy) is 2. The van der Waals surface area contributed by atoms with Gasteiger partial charge in [-0.25, -0.2) is 0 Å². The van der Waals surface area contributed by atoms with Crippen LogP contribution in [0.2, 0.25) is 0 Å². The van der Waals surface area contributed by atoms with Crippen molar-refractivity contribution in [3.8, 4) is 0 Å². The van der Waals surface area contributed by atoms with Gasteiger partial charge in [-0.3, -0.25) is 4.79 Å². The molecule has 10 nitrogen and oxygen atoms in total. The first-order chi connectivity index (χ1) is 24.8. The molecule has 1 fully saturated rings. The number of hydrogen-bond acceptors (Lipinski definition) is 9. The highest BCUT2D eigenvalue weighted by atomic mass is 16.7. The third kappa shape index (κ3) is 22.9. The van der Waals surface area contributed by atoms with E-state index in [9.17, 15) is 35.4 Å². The van der Waals surface area contributed by atoms with Crippen molar-refractivity contribution in [1.29, 1.82) is 0 Å². The van der Waals surface area contributed by atoms with Crippen molar-refractivity contribution in [3.05, 3.63) is 36.5 Å². The summed E-state index contributed by atoms with van der Waals surface area (Å²) in [5.74, 6) is -0.633. The number of aliphatic hydroxyl groups is 6. The summed E-state index contributed by atoms with van der Waals surface area (Å²) in [4.78, 5) is 13.0. The second-order valence-electron chi connectivity index (χ2n) is 14.2. The number of amides is 1. The topological polar surface area (TPSA) is 169 Å². The Bertz CT molecular complexity index is 912. The van der Waals surface area contributed by atoms with Gasteiger partial charge in [0.15, 0.2) is 6.29 Å². The minimum Gasteiger partial charge on any atom is -0.394 e. The average Bonchev–Trinajstić information content (AvgIpc) is 3.13. The Balaban J connectivity index is 2.52. The highest BCUT2D eigenvalue weighted by Crippen LogP contribution is 2.22. The molecule has 1 aliphatic heterocycles. The van der Waals surface area contributed by atoms with E-state index in [1.54, 1.807) is 6.08 Å². The van der Waals surface area contributed by atoms with Gasteiger partial charge in [0.2, 0.25) is 5.91 Å². The molecule has 298 valence electrons. The Morgan fingerprint density at radius 1 is 0.667 bits per heavy atom. The van der Waals surface area contributed by atoms with Gasteiger partial charge >= 0.3 is 0 Å². The van der Waals surface area contributed by atoms with Crippen LogP contribution in [0.15, 0.2) is 36.5 Å². The molecular weight excluding hydrogens is 650 g/mol. The normalized spacial score (nSPS) is 23.0. The van der Waals surface area contributed by atoms with Gasteiger partial charge in [0.1, 0.15) is 30.5 Å². The van der Waals surface area contributed by atoms with E-state index in [-0.39, 0.29) is 6.61 Å². The lowest BCUT2D eigenvalue weighted by molar-refractivity contribution is -0.302. The summed E-state index contributed by atoms with van der Waals surface area (Å²) < 4.78 is 11.1. The molecule has 1 saturated heterocycles. The smallest absolute Gasteiger partial charge is 0.249 e. The van der Waals surface area contributed by atoms with E-state index >= 15 is 0 Å². The highest BCUT2D eigenvalue weighted by molar-refractivity contribution is 5.80. The maximum absolute atomic E-state index is 13.0. The van der Waals surface area contributed by atoms with E-state index in [4.69, 9.17) is 9.47 Å². The van der Waals surface area contributed by atoms with Crippen molar-refractivity contribution in [2.45, 2.75) is 204 Å². The van der Waals surface area contributed by atoms with Gasteiger partial charge in [-0.2, -0.15) is 0 Å². The highest BCUT2D eigenvalue weighted by Gasteiger charge is 2.44. The van der Waals surface area contributed by atoms with Gasteiger partial charge in [0.25, 0.3) is 0 Å². The zero-order valence-electron chi connectivity index (χ0n) is 32.0. The molecule has 7 N–H and O–H groups in total. The van der Waals surface area contributed by atoms with Crippen LogP contribution in [0.25, 0.3) is 0 Å². The number of nitrogens with one attached hydrogen (secondary N) is 1. The number of carbonyl (C=O) groups is 1. The molecule has 1 rings (SSSR count). The fourth-order valence-electron chi connectivity index (χ4n) is 6.12. The molecule has 0 saturated carbocycles. The number of hydrogen-bond donors (Lipinski definition) is 7. The summed E-state index contributed by atoms with van der Waals surface area (Å²) in [6.07, 6.45) is 26.6. The predicted molar refractivity (Wildman–Crippen MR) is 204 cm³/mol. The fraction of sp³-hybridized carbons (Fsp3) is 0.829. The van der Waals surface area contributed by atoms with E-state index in [1.165, 1.54) is 77.0 Å². The Labute approximate surface area is 309 Å². The van der Waals surface area contributed by atoms with Crippen LogP contribution < -0.4 is 5.32 Å². The number of carbonyl (C=O) groups excluding carboxylic acids is 1. The van der Waals surface area contributed by atoms with Crippen LogP contribution in [-0.4, -0.2) is 98.7 Å². The van der Waals surface area contributed by atoms with Crippen LogP contribution in [-0.2, 0) is 14.3 Å². The van der Waals surface area contributed by atoms with Gasteiger partial charge < -0.3 is 45.4 Å². The molecule has 0 aliphatic carbocycles. The number of allylic oxidation sites excluding steroid dienone is 5. The summed E-state index contributed by atoms with van der Waals surface area (Å²) in [7, 11) is 0. The lowest BCUT2D eigenvalue weighted by atomic mass is 9.99. The predicted octanol–water partition coefficient (Wildman–Crippen LogP) is 6.30. The molecule has 0 radical (unpaired) electrons. The molecule has 0 aromatic rings. The van der Waals surface area contributed by atoms with Crippen LogP contribution >= 0.6 is 0 Å². The minimum atomic E-state index is -1.61. The second kappa shape index (κ2) is 31.9. The van der Waals surface area contributed by atoms with E-state index in [0.717, 1.165) is 44.9 Å². The standard InChI is InChI=1S/C41H75NO9/c1-3-5-7-9-11-13-15-17-18-20-22-24-26-28-30-35(45)40(49)42-33(32-50-41-39(48)38(47)37(46)36(31-43)51-41)34(44)29-27-25-23-21-19-16-14-12-10-8-6-4-2/h10,12,19,21,27,29,33-39,41,43-48H,3-9,11,13-18,20,22-26,28,30-32H2,1-2H3,(H,42,49)/b12-10+,21-19+,29-27+. The molecule has 0 aromatic carbocycles. The molecule has 1 amide bonds. The maximum atomic E-state index is 13.0. The second-order valence-corrected chi connectivity index (χ2v) is 14.2. The van der Waals surface area contributed by atoms with Gasteiger partial charge in [-0.15, -0.1) is 0 Å². The van der Waals surface area contributed by atoms with Crippen molar-refractivity contribution in [2.75, 3.05) is 13.2 Å². The fourth-order valence-corrected chi connectivity index (χ4v) is 6.12. The van der Waals surface area contributed by atoms with E-state index in [1.807, 2.05) is 6.08 Å². The zero-order chi connectivity index (χ0) is 37.5.